The molecule has 2 heterocycles. The lowest BCUT2D eigenvalue weighted by atomic mass is 10.3. The van der Waals surface area contributed by atoms with Crippen LogP contribution in [0.3, 0.4) is 0 Å². The van der Waals surface area contributed by atoms with Crippen LogP contribution in [0.25, 0.3) is 0 Å². The van der Waals surface area contributed by atoms with E-state index in [4.69, 9.17) is 6.42 Å². The average Bonchev–Trinajstić information content (AvgIpc) is 3.11. The van der Waals surface area contributed by atoms with Crippen LogP contribution in [0.1, 0.15) is 0 Å². The molecule has 0 saturated carbocycles. The van der Waals surface area contributed by atoms with Gasteiger partial charge in [-0.2, -0.15) is 13.4 Å². The number of terminal acetylenes is 1. The van der Waals surface area contributed by atoms with Crippen molar-refractivity contribution in [3.63, 3.8) is 0 Å². The molecule has 9 nitrogen and oxygen atoms in total. The lowest BCUT2D eigenvalue weighted by Gasteiger charge is -2.10. The predicted molar refractivity (Wildman–Crippen MR) is 111 cm³/mol. The van der Waals surface area contributed by atoms with Crippen LogP contribution in [0.15, 0.2) is 52.5 Å². The zero-order valence-corrected chi connectivity index (χ0v) is 17.1. The fourth-order valence-corrected chi connectivity index (χ4v) is 3.54. The molecule has 0 atom stereocenters. The highest BCUT2D eigenvalue weighted by Crippen LogP contribution is 2.23. The molecule has 0 aliphatic heterocycles. The highest BCUT2D eigenvalue weighted by atomic mass is 79.9. The first kappa shape index (κ1) is 19.7. The summed E-state index contributed by atoms with van der Waals surface area (Å²) in [5.74, 6) is 3.41. The number of aromatic nitrogens is 4. The smallest absolute Gasteiger partial charge is 0.280 e. The minimum Gasteiger partial charge on any atom is -0.358 e. The average molecular weight is 462 g/mol. The number of hydrogen-bond acceptors (Lipinski definition) is 7. The quantitative estimate of drug-likeness (QED) is 0.463. The molecule has 0 unspecified atom stereocenters. The van der Waals surface area contributed by atoms with Gasteiger partial charge < -0.3 is 15.2 Å². The maximum absolute atomic E-state index is 12.3. The molecule has 0 aliphatic rings. The minimum absolute atomic E-state index is 0.0486. The van der Waals surface area contributed by atoms with Crippen LogP contribution in [0.4, 0.5) is 23.1 Å². The van der Waals surface area contributed by atoms with Gasteiger partial charge in [-0.15, -0.1) is 6.42 Å². The Balaban J connectivity index is 1.70. The van der Waals surface area contributed by atoms with Crippen LogP contribution >= 0.6 is 15.9 Å². The fraction of sp³-hybridized carbons (Fsp3) is 0.118. The number of sulfonamides is 1. The summed E-state index contributed by atoms with van der Waals surface area (Å²) < 4.78 is 29.3. The van der Waals surface area contributed by atoms with Crippen LogP contribution in [0.5, 0.6) is 0 Å². The summed E-state index contributed by atoms with van der Waals surface area (Å²) in [5, 5.41) is 5.98. The Labute approximate surface area is 170 Å². The Bertz CT molecular complexity index is 1120. The van der Waals surface area contributed by atoms with Gasteiger partial charge in [0.2, 0.25) is 5.95 Å². The number of aryl methyl sites for hydroxylation is 1. The Kier molecular flexibility index (Phi) is 5.81. The number of hydrogen-bond donors (Lipinski definition) is 3. The lowest BCUT2D eigenvalue weighted by molar-refractivity contribution is 0.598. The van der Waals surface area contributed by atoms with Gasteiger partial charge in [-0.25, -0.2) is 9.97 Å². The van der Waals surface area contributed by atoms with E-state index < -0.39 is 10.0 Å². The van der Waals surface area contributed by atoms with Gasteiger partial charge in [0.15, 0.2) is 5.03 Å². The molecule has 3 N–H and O–H groups in total. The molecule has 2 aromatic heterocycles. The van der Waals surface area contributed by atoms with E-state index in [1.807, 2.05) is 0 Å². The van der Waals surface area contributed by atoms with Crippen molar-refractivity contribution < 1.29 is 8.42 Å². The van der Waals surface area contributed by atoms with E-state index in [0.29, 0.717) is 34.2 Å². The molecule has 3 aromatic rings. The summed E-state index contributed by atoms with van der Waals surface area (Å²) in [6.45, 7) is 0.333. The minimum atomic E-state index is -3.74. The Morgan fingerprint density at radius 2 is 1.93 bits per heavy atom. The Hall–Kier alpha value is -3.10. The van der Waals surface area contributed by atoms with Gasteiger partial charge >= 0.3 is 0 Å². The summed E-state index contributed by atoms with van der Waals surface area (Å²) in [4.78, 5) is 12.4. The van der Waals surface area contributed by atoms with Crippen LogP contribution in [-0.4, -0.2) is 34.5 Å². The van der Waals surface area contributed by atoms with Gasteiger partial charge in [0.1, 0.15) is 5.82 Å². The van der Waals surface area contributed by atoms with Crippen LogP contribution < -0.4 is 15.4 Å². The van der Waals surface area contributed by atoms with E-state index >= 15 is 0 Å². The summed E-state index contributed by atoms with van der Waals surface area (Å²) >= 11 is 3.35. The van der Waals surface area contributed by atoms with Crippen molar-refractivity contribution in [3.8, 4) is 12.3 Å². The number of benzene rings is 1. The highest BCUT2D eigenvalue weighted by molar-refractivity contribution is 9.10. The van der Waals surface area contributed by atoms with Crippen molar-refractivity contribution in [1.29, 1.82) is 0 Å². The van der Waals surface area contributed by atoms with Crippen molar-refractivity contribution in [3.05, 3.63) is 47.5 Å². The zero-order valence-electron chi connectivity index (χ0n) is 14.7. The molecule has 144 valence electrons. The molecule has 0 bridgehead atoms. The third-order valence-corrected chi connectivity index (χ3v) is 5.30. The van der Waals surface area contributed by atoms with E-state index in [1.54, 1.807) is 42.1 Å². The summed E-state index contributed by atoms with van der Waals surface area (Å²) in [6, 6.07) is 6.66. The molecule has 1 aromatic carbocycles. The van der Waals surface area contributed by atoms with Gasteiger partial charge in [0, 0.05) is 30.8 Å². The molecule has 28 heavy (non-hydrogen) atoms. The number of halogens is 1. The number of imidazole rings is 1. The molecule has 3 rings (SSSR count). The summed E-state index contributed by atoms with van der Waals surface area (Å²) in [7, 11) is -2.04. The van der Waals surface area contributed by atoms with Crippen molar-refractivity contribution in [1.82, 2.24) is 19.5 Å². The Morgan fingerprint density at radius 3 is 2.57 bits per heavy atom. The van der Waals surface area contributed by atoms with Gasteiger partial charge in [-0.3, -0.25) is 4.72 Å². The maximum Gasteiger partial charge on any atom is 0.280 e. The standard InChI is InChI=1S/C17H16BrN7O2S/c1-3-8-19-16-14(18)9-20-17(23-16)22-12-4-6-13(7-5-12)24-28(26,27)15-10-25(2)11-21-15/h1,4-7,9-11,24H,8H2,2H3,(H2,19,20,22,23). The molecular weight excluding hydrogens is 446 g/mol. The number of nitrogens with one attached hydrogen (secondary N) is 3. The van der Waals surface area contributed by atoms with E-state index in [9.17, 15) is 8.42 Å². The zero-order chi connectivity index (χ0) is 20.1. The van der Waals surface area contributed by atoms with Crippen molar-refractivity contribution in [2.75, 3.05) is 21.9 Å². The molecule has 0 radical (unpaired) electrons. The maximum atomic E-state index is 12.3. The first-order valence-electron chi connectivity index (χ1n) is 7.95. The largest absolute Gasteiger partial charge is 0.358 e. The summed E-state index contributed by atoms with van der Waals surface area (Å²) in [6.07, 6.45) is 9.69. The van der Waals surface area contributed by atoms with Crippen molar-refractivity contribution >= 4 is 49.1 Å². The van der Waals surface area contributed by atoms with E-state index in [-0.39, 0.29) is 5.03 Å². The highest BCUT2D eigenvalue weighted by Gasteiger charge is 2.17. The van der Waals surface area contributed by atoms with Crippen molar-refractivity contribution in [2.45, 2.75) is 5.03 Å². The fourth-order valence-electron chi connectivity index (χ4n) is 2.17. The normalized spacial score (nSPS) is 10.9. The third kappa shape index (κ3) is 4.79. The van der Waals surface area contributed by atoms with Crippen molar-refractivity contribution in [2.24, 2.45) is 7.05 Å². The van der Waals surface area contributed by atoms with E-state index in [2.05, 4.69) is 52.2 Å². The van der Waals surface area contributed by atoms with E-state index in [1.165, 1.54) is 12.5 Å². The van der Waals surface area contributed by atoms with Gasteiger partial charge in [0.25, 0.3) is 10.0 Å². The monoisotopic (exact) mass is 461 g/mol. The van der Waals surface area contributed by atoms with Crippen LogP contribution in [-0.2, 0) is 17.1 Å². The molecule has 0 fully saturated rings. The third-order valence-electron chi connectivity index (χ3n) is 3.45. The number of anilines is 4. The molecule has 11 heteroatoms. The second-order valence-electron chi connectivity index (χ2n) is 5.63. The van der Waals surface area contributed by atoms with Crippen LogP contribution in [0.2, 0.25) is 0 Å². The van der Waals surface area contributed by atoms with Gasteiger partial charge in [0.05, 0.1) is 17.3 Å². The van der Waals surface area contributed by atoms with Gasteiger partial charge in [-0.1, -0.05) is 5.92 Å². The predicted octanol–water partition coefficient (Wildman–Crippen LogP) is 2.56. The van der Waals surface area contributed by atoms with Crippen LogP contribution in [0, 0.1) is 12.3 Å². The second kappa shape index (κ2) is 8.28. The Morgan fingerprint density at radius 1 is 1.21 bits per heavy atom. The lowest BCUT2D eigenvalue weighted by Crippen LogP contribution is -2.13. The topological polar surface area (TPSA) is 114 Å². The molecule has 0 spiro atoms. The van der Waals surface area contributed by atoms with Gasteiger partial charge in [-0.05, 0) is 40.2 Å². The SMILES string of the molecule is C#CCNc1nc(Nc2ccc(NS(=O)(=O)c3cn(C)cn3)cc2)ncc1Br. The second-order valence-corrected chi connectivity index (χ2v) is 8.12. The molecular formula is C17H16BrN7O2S. The first-order valence-corrected chi connectivity index (χ1v) is 10.2. The molecule has 0 aliphatic carbocycles. The molecule has 0 saturated heterocycles. The molecule has 0 amide bonds. The number of rotatable bonds is 7. The first-order chi connectivity index (χ1) is 13.4. The van der Waals surface area contributed by atoms with E-state index in [0.717, 1.165) is 0 Å². The number of nitrogens with zero attached hydrogens (tertiary/aromatic N) is 4. The summed E-state index contributed by atoms with van der Waals surface area (Å²) in [5.41, 5.74) is 1.09.